The lowest BCUT2D eigenvalue weighted by atomic mass is 10.4. The highest BCUT2D eigenvalue weighted by molar-refractivity contribution is 6.11. The standard InChI is InChI=1S/C6H9N3O2/c1-9(2)3-4-5(10)8-6(11)7-4/h3H,1-2H3,(H2,7,8,10,11)/b4-3+. The quantitative estimate of drug-likeness (QED) is 0.386. The molecule has 1 heterocycles. The second kappa shape index (κ2) is 2.61. The molecule has 0 bridgehead atoms. The highest BCUT2D eigenvalue weighted by atomic mass is 16.2. The summed E-state index contributed by atoms with van der Waals surface area (Å²) in [6, 6.07) is -0.469. The Kier molecular flexibility index (Phi) is 1.80. The maximum Gasteiger partial charge on any atom is 0.326 e. The maximum absolute atomic E-state index is 10.8. The van der Waals surface area contributed by atoms with Gasteiger partial charge in [-0.15, -0.1) is 0 Å². The van der Waals surface area contributed by atoms with Crippen LogP contribution >= 0.6 is 0 Å². The summed E-state index contributed by atoms with van der Waals surface area (Å²) in [4.78, 5) is 23.1. The number of hydrogen-bond donors (Lipinski definition) is 2. The molecule has 0 unspecified atom stereocenters. The molecule has 11 heavy (non-hydrogen) atoms. The first-order valence-electron chi connectivity index (χ1n) is 3.10. The van der Waals surface area contributed by atoms with Crippen LogP contribution in [-0.2, 0) is 4.79 Å². The molecule has 5 heteroatoms. The normalized spacial score (nSPS) is 20.0. The number of nitrogens with zero attached hydrogens (tertiary/aromatic N) is 1. The summed E-state index contributed by atoms with van der Waals surface area (Å²) < 4.78 is 0. The maximum atomic E-state index is 10.8. The van der Waals surface area contributed by atoms with Crippen molar-refractivity contribution in [2.45, 2.75) is 0 Å². The predicted molar refractivity (Wildman–Crippen MR) is 38.4 cm³/mol. The number of rotatable bonds is 1. The lowest BCUT2D eigenvalue weighted by molar-refractivity contribution is -0.115. The van der Waals surface area contributed by atoms with E-state index in [0.717, 1.165) is 0 Å². The zero-order valence-electron chi connectivity index (χ0n) is 6.34. The number of carbonyl (C=O) groups excluding carboxylic acids is 2. The average molecular weight is 155 g/mol. The molecule has 0 radical (unpaired) electrons. The molecule has 0 aromatic rings. The number of nitrogens with one attached hydrogen (secondary N) is 2. The molecular formula is C6H9N3O2. The Hall–Kier alpha value is -1.52. The number of urea groups is 1. The van der Waals surface area contributed by atoms with Gasteiger partial charge in [0, 0.05) is 20.3 Å². The molecule has 0 saturated carbocycles. The third-order valence-electron chi connectivity index (χ3n) is 1.11. The second-order valence-corrected chi connectivity index (χ2v) is 2.41. The van der Waals surface area contributed by atoms with Gasteiger partial charge in [0.15, 0.2) is 0 Å². The Morgan fingerprint density at radius 3 is 2.27 bits per heavy atom. The summed E-state index contributed by atoms with van der Waals surface area (Å²) in [5.41, 5.74) is 0.278. The van der Waals surface area contributed by atoms with E-state index >= 15 is 0 Å². The van der Waals surface area contributed by atoms with Gasteiger partial charge < -0.3 is 10.2 Å². The minimum Gasteiger partial charge on any atom is -0.382 e. The molecule has 0 aromatic carbocycles. The summed E-state index contributed by atoms with van der Waals surface area (Å²) in [5.74, 6) is -0.385. The molecule has 60 valence electrons. The van der Waals surface area contributed by atoms with Crippen LogP contribution in [0.3, 0.4) is 0 Å². The second-order valence-electron chi connectivity index (χ2n) is 2.41. The summed E-state index contributed by atoms with van der Waals surface area (Å²) in [7, 11) is 3.54. The van der Waals surface area contributed by atoms with Gasteiger partial charge in [0.05, 0.1) is 0 Å². The van der Waals surface area contributed by atoms with E-state index in [-0.39, 0.29) is 11.6 Å². The van der Waals surface area contributed by atoms with Crippen LogP contribution in [0.15, 0.2) is 11.9 Å². The first kappa shape index (κ1) is 7.59. The first-order valence-corrected chi connectivity index (χ1v) is 3.10. The van der Waals surface area contributed by atoms with Crippen molar-refractivity contribution in [2.75, 3.05) is 14.1 Å². The monoisotopic (exact) mass is 155 g/mol. The van der Waals surface area contributed by atoms with Crippen molar-refractivity contribution >= 4 is 11.9 Å². The van der Waals surface area contributed by atoms with Gasteiger partial charge in [0.2, 0.25) is 0 Å². The Morgan fingerprint density at radius 1 is 1.27 bits per heavy atom. The molecule has 0 aliphatic carbocycles. The molecule has 0 atom stereocenters. The third kappa shape index (κ3) is 1.70. The van der Waals surface area contributed by atoms with Crippen LogP contribution < -0.4 is 10.6 Å². The van der Waals surface area contributed by atoms with Gasteiger partial charge in [-0.3, -0.25) is 10.1 Å². The number of amides is 3. The number of imide groups is 1. The van der Waals surface area contributed by atoms with Gasteiger partial charge in [0.25, 0.3) is 5.91 Å². The summed E-state index contributed by atoms with van der Waals surface area (Å²) in [6.07, 6.45) is 1.54. The van der Waals surface area contributed by atoms with Crippen molar-refractivity contribution in [1.82, 2.24) is 15.5 Å². The van der Waals surface area contributed by atoms with E-state index in [1.165, 1.54) is 0 Å². The zero-order valence-corrected chi connectivity index (χ0v) is 6.34. The minimum atomic E-state index is -0.469. The van der Waals surface area contributed by atoms with E-state index in [1.807, 2.05) is 0 Å². The Bertz CT molecular complexity index is 232. The van der Waals surface area contributed by atoms with Crippen molar-refractivity contribution < 1.29 is 9.59 Å². The van der Waals surface area contributed by atoms with Gasteiger partial charge in [-0.05, 0) is 0 Å². The lowest BCUT2D eigenvalue weighted by Gasteiger charge is -2.04. The van der Waals surface area contributed by atoms with Gasteiger partial charge in [-0.25, -0.2) is 4.79 Å². The fourth-order valence-electron chi connectivity index (χ4n) is 0.730. The van der Waals surface area contributed by atoms with Gasteiger partial charge in [-0.1, -0.05) is 0 Å². The van der Waals surface area contributed by atoms with Crippen LogP contribution in [0.5, 0.6) is 0 Å². The van der Waals surface area contributed by atoms with Crippen LogP contribution in [0.25, 0.3) is 0 Å². The predicted octanol–water partition coefficient (Wildman–Crippen LogP) is -0.771. The molecule has 3 amide bonds. The molecule has 2 N–H and O–H groups in total. The van der Waals surface area contributed by atoms with Crippen LogP contribution in [0.1, 0.15) is 0 Å². The number of carbonyl (C=O) groups is 2. The van der Waals surface area contributed by atoms with E-state index in [4.69, 9.17) is 0 Å². The topological polar surface area (TPSA) is 61.4 Å². The molecule has 5 nitrogen and oxygen atoms in total. The highest BCUT2D eigenvalue weighted by Crippen LogP contribution is 1.96. The largest absolute Gasteiger partial charge is 0.382 e. The molecule has 1 fully saturated rings. The molecular weight excluding hydrogens is 146 g/mol. The minimum absolute atomic E-state index is 0.278. The van der Waals surface area contributed by atoms with E-state index in [1.54, 1.807) is 25.2 Å². The van der Waals surface area contributed by atoms with E-state index in [2.05, 4.69) is 10.6 Å². The van der Waals surface area contributed by atoms with E-state index < -0.39 is 6.03 Å². The number of hydrogen-bond acceptors (Lipinski definition) is 3. The molecule has 0 spiro atoms. The van der Waals surface area contributed by atoms with Crippen LogP contribution in [-0.4, -0.2) is 30.9 Å². The van der Waals surface area contributed by atoms with Crippen molar-refractivity contribution in [1.29, 1.82) is 0 Å². The Morgan fingerprint density at radius 2 is 1.91 bits per heavy atom. The van der Waals surface area contributed by atoms with Crippen molar-refractivity contribution in [2.24, 2.45) is 0 Å². The average Bonchev–Trinajstić information content (AvgIpc) is 2.09. The smallest absolute Gasteiger partial charge is 0.326 e. The summed E-state index contributed by atoms with van der Waals surface area (Å²) in [5, 5.41) is 4.44. The Labute approximate surface area is 64.1 Å². The van der Waals surface area contributed by atoms with E-state index in [0.29, 0.717) is 0 Å². The van der Waals surface area contributed by atoms with E-state index in [9.17, 15) is 9.59 Å². The van der Waals surface area contributed by atoms with Gasteiger partial charge in [-0.2, -0.15) is 0 Å². The SMILES string of the molecule is CN(C)/C=C1/NC(=O)NC1=O. The molecule has 1 aliphatic heterocycles. The zero-order chi connectivity index (χ0) is 8.43. The van der Waals surface area contributed by atoms with Gasteiger partial charge in [0.1, 0.15) is 5.70 Å². The van der Waals surface area contributed by atoms with Crippen LogP contribution in [0.2, 0.25) is 0 Å². The Balaban J connectivity index is 2.75. The van der Waals surface area contributed by atoms with Crippen molar-refractivity contribution in [3.8, 4) is 0 Å². The highest BCUT2D eigenvalue weighted by Gasteiger charge is 2.22. The summed E-state index contributed by atoms with van der Waals surface area (Å²) >= 11 is 0. The molecule has 0 aromatic heterocycles. The molecule has 1 rings (SSSR count). The van der Waals surface area contributed by atoms with Gasteiger partial charge >= 0.3 is 6.03 Å². The molecule has 1 saturated heterocycles. The summed E-state index contributed by atoms with van der Waals surface area (Å²) in [6.45, 7) is 0. The fraction of sp³-hybridized carbons (Fsp3) is 0.333. The fourth-order valence-corrected chi connectivity index (χ4v) is 0.730. The third-order valence-corrected chi connectivity index (χ3v) is 1.11. The molecule has 1 aliphatic rings. The van der Waals surface area contributed by atoms with Crippen molar-refractivity contribution in [3.05, 3.63) is 11.9 Å². The van der Waals surface area contributed by atoms with Crippen LogP contribution in [0.4, 0.5) is 4.79 Å². The van der Waals surface area contributed by atoms with Crippen molar-refractivity contribution in [3.63, 3.8) is 0 Å². The van der Waals surface area contributed by atoms with Crippen LogP contribution in [0, 0.1) is 0 Å². The first-order chi connectivity index (χ1) is 5.09. The lowest BCUT2D eigenvalue weighted by Crippen LogP contribution is -2.22.